The van der Waals surface area contributed by atoms with E-state index in [-0.39, 0.29) is 5.91 Å². The third kappa shape index (κ3) is 5.01. The minimum Gasteiger partial charge on any atom is -0.378 e. The van der Waals surface area contributed by atoms with Crippen LogP contribution in [0.2, 0.25) is 0 Å². The maximum atomic E-state index is 12.5. The lowest BCUT2D eigenvalue weighted by atomic mass is 10.1. The molecule has 3 rings (SSSR count). The summed E-state index contributed by atoms with van der Waals surface area (Å²) in [6.45, 7) is 8.58. The number of nitrogens with zero attached hydrogens (tertiary/aromatic N) is 5. The number of aromatic nitrogens is 3. The van der Waals surface area contributed by atoms with Crippen molar-refractivity contribution in [1.82, 2.24) is 19.7 Å². The number of anilines is 1. The highest BCUT2D eigenvalue weighted by Gasteiger charge is 2.20. The standard InChI is InChI=1S/C19H27N5O2S/c1-4-24-18(23-9-11-26-12-10-23)20-21-19(24)27-14-17(25)22(3)13-16-7-5-15(2)6-8-16/h5-8H,4,9-14H2,1-3H3. The summed E-state index contributed by atoms with van der Waals surface area (Å²) in [4.78, 5) is 16.5. The fourth-order valence-electron chi connectivity index (χ4n) is 2.95. The molecular weight excluding hydrogens is 362 g/mol. The largest absolute Gasteiger partial charge is 0.378 e. The lowest BCUT2D eigenvalue weighted by molar-refractivity contribution is -0.127. The quantitative estimate of drug-likeness (QED) is 0.677. The van der Waals surface area contributed by atoms with Crippen LogP contribution in [-0.2, 0) is 22.6 Å². The number of benzene rings is 1. The van der Waals surface area contributed by atoms with Crippen LogP contribution in [0.4, 0.5) is 5.95 Å². The molecule has 2 aromatic rings. The van der Waals surface area contributed by atoms with E-state index in [9.17, 15) is 4.79 Å². The van der Waals surface area contributed by atoms with Gasteiger partial charge in [-0.15, -0.1) is 10.2 Å². The van der Waals surface area contributed by atoms with Crippen LogP contribution in [0.3, 0.4) is 0 Å². The molecule has 0 atom stereocenters. The SMILES string of the molecule is CCn1c(SCC(=O)N(C)Cc2ccc(C)cc2)nnc1N1CCOCC1. The number of thioether (sulfide) groups is 1. The number of hydrogen-bond acceptors (Lipinski definition) is 6. The molecule has 0 N–H and O–H groups in total. The van der Waals surface area contributed by atoms with Crippen molar-refractivity contribution >= 4 is 23.6 Å². The summed E-state index contributed by atoms with van der Waals surface area (Å²) in [5.74, 6) is 1.30. The molecule has 1 aliphatic heterocycles. The number of carbonyl (C=O) groups is 1. The second-order valence-corrected chi connectivity index (χ2v) is 7.59. The maximum absolute atomic E-state index is 12.5. The van der Waals surface area contributed by atoms with E-state index in [4.69, 9.17) is 4.74 Å². The zero-order valence-corrected chi connectivity index (χ0v) is 17.0. The molecule has 1 saturated heterocycles. The molecule has 1 aliphatic rings. The van der Waals surface area contributed by atoms with Gasteiger partial charge in [-0.1, -0.05) is 41.6 Å². The minimum atomic E-state index is 0.0825. The van der Waals surface area contributed by atoms with Gasteiger partial charge in [-0.3, -0.25) is 9.36 Å². The lowest BCUT2D eigenvalue weighted by Crippen LogP contribution is -2.38. The topological polar surface area (TPSA) is 63.5 Å². The summed E-state index contributed by atoms with van der Waals surface area (Å²) in [6, 6.07) is 8.27. The van der Waals surface area contributed by atoms with Crippen molar-refractivity contribution in [2.45, 2.75) is 32.1 Å². The van der Waals surface area contributed by atoms with Gasteiger partial charge in [0.15, 0.2) is 5.16 Å². The molecule has 0 unspecified atom stereocenters. The molecule has 8 heteroatoms. The zero-order valence-electron chi connectivity index (χ0n) is 16.2. The van der Waals surface area contributed by atoms with Crippen LogP contribution < -0.4 is 4.90 Å². The normalized spacial score (nSPS) is 14.4. The first-order chi connectivity index (χ1) is 13.1. The lowest BCUT2D eigenvalue weighted by Gasteiger charge is -2.27. The van der Waals surface area contributed by atoms with E-state index < -0.39 is 0 Å². The van der Waals surface area contributed by atoms with Gasteiger partial charge in [0, 0.05) is 33.2 Å². The number of ether oxygens (including phenoxy) is 1. The first-order valence-electron chi connectivity index (χ1n) is 9.26. The Labute approximate surface area is 164 Å². The van der Waals surface area contributed by atoms with E-state index in [0.29, 0.717) is 25.5 Å². The van der Waals surface area contributed by atoms with E-state index in [1.165, 1.54) is 17.3 Å². The van der Waals surface area contributed by atoms with Gasteiger partial charge in [-0.05, 0) is 19.4 Å². The van der Waals surface area contributed by atoms with Crippen LogP contribution in [0.25, 0.3) is 0 Å². The Hall–Kier alpha value is -2.06. The molecule has 27 heavy (non-hydrogen) atoms. The highest BCUT2D eigenvalue weighted by atomic mass is 32.2. The summed E-state index contributed by atoms with van der Waals surface area (Å²) < 4.78 is 7.48. The highest BCUT2D eigenvalue weighted by molar-refractivity contribution is 7.99. The second kappa shape index (κ2) is 9.23. The van der Waals surface area contributed by atoms with Crippen LogP contribution in [0.5, 0.6) is 0 Å². The number of morpholine rings is 1. The Kier molecular flexibility index (Phi) is 6.73. The zero-order chi connectivity index (χ0) is 19.2. The third-order valence-corrected chi connectivity index (χ3v) is 5.55. The van der Waals surface area contributed by atoms with Crippen molar-refractivity contribution < 1.29 is 9.53 Å². The minimum absolute atomic E-state index is 0.0825. The maximum Gasteiger partial charge on any atom is 0.233 e. The van der Waals surface area contributed by atoms with E-state index in [1.807, 2.05) is 7.05 Å². The van der Waals surface area contributed by atoms with Gasteiger partial charge in [0.2, 0.25) is 11.9 Å². The van der Waals surface area contributed by atoms with Crippen LogP contribution in [0.15, 0.2) is 29.4 Å². The van der Waals surface area contributed by atoms with E-state index in [0.717, 1.165) is 36.3 Å². The first kappa shape index (κ1) is 19.7. The molecule has 1 fully saturated rings. The smallest absolute Gasteiger partial charge is 0.233 e. The highest BCUT2D eigenvalue weighted by Crippen LogP contribution is 2.23. The summed E-state index contributed by atoms with van der Waals surface area (Å²) in [6.07, 6.45) is 0. The third-order valence-electron chi connectivity index (χ3n) is 4.60. The van der Waals surface area contributed by atoms with Gasteiger partial charge < -0.3 is 14.5 Å². The monoisotopic (exact) mass is 389 g/mol. The number of amides is 1. The Morgan fingerprint density at radius 2 is 1.93 bits per heavy atom. The molecule has 0 spiro atoms. The second-order valence-electron chi connectivity index (χ2n) is 6.65. The fourth-order valence-corrected chi connectivity index (χ4v) is 3.89. The van der Waals surface area contributed by atoms with Gasteiger partial charge in [-0.25, -0.2) is 0 Å². The molecule has 2 heterocycles. The van der Waals surface area contributed by atoms with E-state index in [1.54, 1.807) is 4.90 Å². The predicted molar refractivity (Wildman–Crippen MR) is 107 cm³/mol. The Morgan fingerprint density at radius 1 is 1.22 bits per heavy atom. The number of rotatable bonds is 7. The molecule has 0 radical (unpaired) electrons. The van der Waals surface area contributed by atoms with Crippen molar-refractivity contribution in [3.8, 4) is 0 Å². The Bertz CT molecular complexity index is 756. The van der Waals surface area contributed by atoms with Crippen LogP contribution in [-0.4, -0.2) is 64.7 Å². The van der Waals surface area contributed by atoms with Crippen LogP contribution in [0.1, 0.15) is 18.1 Å². The van der Waals surface area contributed by atoms with Crippen molar-refractivity contribution in [2.24, 2.45) is 0 Å². The van der Waals surface area contributed by atoms with Gasteiger partial charge in [0.05, 0.1) is 19.0 Å². The average molecular weight is 390 g/mol. The summed E-state index contributed by atoms with van der Waals surface area (Å²) in [5.41, 5.74) is 2.35. The van der Waals surface area contributed by atoms with Gasteiger partial charge >= 0.3 is 0 Å². The van der Waals surface area contributed by atoms with Crippen molar-refractivity contribution in [1.29, 1.82) is 0 Å². The first-order valence-corrected chi connectivity index (χ1v) is 10.2. The molecule has 146 valence electrons. The van der Waals surface area contributed by atoms with Gasteiger partial charge in [0.25, 0.3) is 0 Å². The number of hydrogen-bond donors (Lipinski definition) is 0. The van der Waals surface area contributed by atoms with Gasteiger partial charge in [-0.2, -0.15) is 0 Å². The number of carbonyl (C=O) groups excluding carboxylic acids is 1. The Balaban J connectivity index is 1.57. The molecule has 0 bridgehead atoms. The molecular formula is C19H27N5O2S. The van der Waals surface area contributed by atoms with Gasteiger partial charge in [0.1, 0.15) is 0 Å². The molecule has 1 aromatic heterocycles. The van der Waals surface area contributed by atoms with Crippen LogP contribution in [0, 0.1) is 6.92 Å². The van der Waals surface area contributed by atoms with Crippen molar-refractivity contribution in [2.75, 3.05) is 44.0 Å². The molecule has 1 amide bonds. The van der Waals surface area contributed by atoms with E-state index in [2.05, 4.69) is 57.8 Å². The van der Waals surface area contributed by atoms with Crippen molar-refractivity contribution in [3.63, 3.8) is 0 Å². The average Bonchev–Trinajstić information content (AvgIpc) is 3.11. The summed E-state index contributed by atoms with van der Waals surface area (Å²) in [5, 5.41) is 9.44. The molecule has 7 nitrogen and oxygen atoms in total. The Morgan fingerprint density at radius 3 is 2.59 bits per heavy atom. The fraction of sp³-hybridized carbons (Fsp3) is 0.526. The summed E-state index contributed by atoms with van der Waals surface area (Å²) >= 11 is 1.45. The summed E-state index contributed by atoms with van der Waals surface area (Å²) in [7, 11) is 1.84. The number of aryl methyl sites for hydroxylation is 1. The van der Waals surface area contributed by atoms with Crippen molar-refractivity contribution in [3.05, 3.63) is 35.4 Å². The molecule has 0 aliphatic carbocycles. The molecule has 0 saturated carbocycles. The molecule has 1 aromatic carbocycles. The van der Waals surface area contributed by atoms with E-state index >= 15 is 0 Å². The predicted octanol–water partition coefficient (Wildman–Crippen LogP) is 2.19. The van der Waals surface area contributed by atoms with Crippen LogP contribution >= 0.6 is 11.8 Å².